The monoisotopic (exact) mass is 460 g/mol. The molecule has 1 saturated heterocycles. The SMILES string of the molecule is CCC(C)(CC(C)(C)C(=O)OC1CC2CC1C1CCCC21)C(=O)OC1CCC2CC1OC2=O. The summed E-state index contributed by atoms with van der Waals surface area (Å²) in [5, 5.41) is 0. The van der Waals surface area contributed by atoms with Crippen molar-refractivity contribution < 1.29 is 28.6 Å². The van der Waals surface area contributed by atoms with Crippen LogP contribution in [0.4, 0.5) is 0 Å². The lowest BCUT2D eigenvalue weighted by Gasteiger charge is -2.37. The van der Waals surface area contributed by atoms with Gasteiger partial charge >= 0.3 is 17.9 Å². The summed E-state index contributed by atoms with van der Waals surface area (Å²) in [5.41, 5.74) is -1.58. The highest BCUT2D eigenvalue weighted by Crippen LogP contribution is 2.59. The zero-order valence-corrected chi connectivity index (χ0v) is 20.6. The Morgan fingerprint density at radius 3 is 2.39 bits per heavy atom. The summed E-state index contributed by atoms with van der Waals surface area (Å²) in [6.45, 7) is 7.64. The fraction of sp³-hybridized carbons (Fsp3) is 0.889. The minimum atomic E-state index is -0.798. The van der Waals surface area contributed by atoms with Crippen LogP contribution in [0.15, 0.2) is 0 Å². The van der Waals surface area contributed by atoms with Crippen molar-refractivity contribution in [1.82, 2.24) is 0 Å². The van der Waals surface area contributed by atoms with Gasteiger partial charge in [0.25, 0.3) is 0 Å². The van der Waals surface area contributed by atoms with E-state index in [4.69, 9.17) is 14.2 Å². The van der Waals surface area contributed by atoms with E-state index in [-0.39, 0.29) is 42.1 Å². The van der Waals surface area contributed by atoms with Gasteiger partial charge < -0.3 is 14.2 Å². The van der Waals surface area contributed by atoms with E-state index in [1.807, 2.05) is 27.7 Å². The topological polar surface area (TPSA) is 78.9 Å². The Hall–Kier alpha value is -1.59. The van der Waals surface area contributed by atoms with Gasteiger partial charge in [0.1, 0.15) is 18.3 Å². The van der Waals surface area contributed by atoms with E-state index in [0.29, 0.717) is 38.0 Å². The van der Waals surface area contributed by atoms with Gasteiger partial charge in [-0.25, -0.2) is 0 Å². The van der Waals surface area contributed by atoms with Crippen molar-refractivity contribution >= 4 is 17.9 Å². The van der Waals surface area contributed by atoms with Crippen molar-refractivity contribution in [3.05, 3.63) is 0 Å². The van der Waals surface area contributed by atoms with Crippen molar-refractivity contribution in [2.24, 2.45) is 40.4 Å². The van der Waals surface area contributed by atoms with Gasteiger partial charge in [0.05, 0.1) is 16.7 Å². The maximum absolute atomic E-state index is 13.3. The van der Waals surface area contributed by atoms with E-state index in [2.05, 4.69) is 0 Å². The van der Waals surface area contributed by atoms with Crippen LogP contribution in [-0.2, 0) is 28.6 Å². The summed E-state index contributed by atoms with van der Waals surface area (Å²) in [5.74, 6) is 2.20. The van der Waals surface area contributed by atoms with Crippen LogP contribution in [0.5, 0.6) is 0 Å². The summed E-state index contributed by atoms with van der Waals surface area (Å²) in [4.78, 5) is 38.4. The summed E-state index contributed by atoms with van der Waals surface area (Å²) < 4.78 is 17.5. The van der Waals surface area contributed by atoms with E-state index in [1.165, 1.54) is 25.7 Å². The Morgan fingerprint density at radius 2 is 1.64 bits per heavy atom. The van der Waals surface area contributed by atoms with Crippen LogP contribution in [0, 0.1) is 40.4 Å². The number of carbonyl (C=O) groups is 3. The smallest absolute Gasteiger partial charge is 0.312 e. The average molecular weight is 461 g/mol. The van der Waals surface area contributed by atoms with Crippen LogP contribution < -0.4 is 0 Å². The highest BCUT2D eigenvalue weighted by atomic mass is 16.6. The molecule has 9 unspecified atom stereocenters. The molecule has 6 heteroatoms. The minimum Gasteiger partial charge on any atom is -0.462 e. The Balaban J connectivity index is 1.20. The molecule has 184 valence electrons. The van der Waals surface area contributed by atoms with Crippen molar-refractivity contribution in [1.29, 1.82) is 0 Å². The van der Waals surface area contributed by atoms with Crippen molar-refractivity contribution in [2.75, 3.05) is 0 Å². The number of hydrogen-bond acceptors (Lipinski definition) is 6. The molecule has 1 aliphatic heterocycles. The first-order valence-electron chi connectivity index (χ1n) is 13.2. The van der Waals surface area contributed by atoms with Crippen molar-refractivity contribution in [3.8, 4) is 0 Å². The lowest BCUT2D eigenvalue weighted by Crippen LogP contribution is -2.43. The molecular weight excluding hydrogens is 420 g/mol. The lowest BCUT2D eigenvalue weighted by molar-refractivity contribution is -0.176. The third kappa shape index (κ3) is 3.99. The second kappa shape index (κ2) is 8.27. The quantitative estimate of drug-likeness (QED) is 0.400. The molecule has 1 heterocycles. The first kappa shape index (κ1) is 23.2. The molecule has 0 amide bonds. The van der Waals surface area contributed by atoms with Crippen LogP contribution in [0.3, 0.4) is 0 Å². The van der Waals surface area contributed by atoms with Gasteiger partial charge in [0.2, 0.25) is 0 Å². The normalized spacial score (nSPS) is 40.8. The van der Waals surface area contributed by atoms with Crippen LogP contribution in [-0.4, -0.2) is 36.2 Å². The maximum atomic E-state index is 13.3. The summed E-state index contributed by atoms with van der Waals surface area (Å²) in [6, 6.07) is 0. The van der Waals surface area contributed by atoms with Gasteiger partial charge in [-0.2, -0.15) is 0 Å². The summed E-state index contributed by atoms with van der Waals surface area (Å²) in [6.07, 6.45) is 8.52. The molecule has 5 aliphatic rings. The number of carbonyl (C=O) groups excluding carboxylic acids is 3. The molecule has 0 spiro atoms. The molecule has 4 aliphatic carbocycles. The van der Waals surface area contributed by atoms with Gasteiger partial charge in [-0.1, -0.05) is 13.3 Å². The zero-order valence-electron chi connectivity index (χ0n) is 20.6. The molecular formula is C27H40O6. The third-order valence-corrected chi connectivity index (χ3v) is 9.87. The van der Waals surface area contributed by atoms with Crippen LogP contribution in [0.1, 0.15) is 91.9 Å². The Bertz CT molecular complexity index is 819. The number of rotatable bonds is 7. The largest absolute Gasteiger partial charge is 0.462 e. The third-order valence-electron chi connectivity index (χ3n) is 9.87. The van der Waals surface area contributed by atoms with Gasteiger partial charge in [0.15, 0.2) is 0 Å². The second-order valence-corrected chi connectivity index (χ2v) is 12.5. The number of ether oxygens (including phenoxy) is 3. The molecule has 4 bridgehead atoms. The summed E-state index contributed by atoms with van der Waals surface area (Å²) >= 11 is 0. The Morgan fingerprint density at radius 1 is 0.909 bits per heavy atom. The molecule has 5 fully saturated rings. The first-order valence-corrected chi connectivity index (χ1v) is 13.2. The number of hydrogen-bond donors (Lipinski definition) is 0. The molecule has 6 nitrogen and oxygen atoms in total. The van der Waals surface area contributed by atoms with E-state index >= 15 is 0 Å². The fourth-order valence-electron chi connectivity index (χ4n) is 7.93. The molecule has 0 N–H and O–H groups in total. The molecule has 5 rings (SSSR count). The van der Waals surface area contributed by atoms with Crippen LogP contribution in [0.2, 0.25) is 0 Å². The molecule has 0 aromatic heterocycles. The van der Waals surface area contributed by atoms with Crippen LogP contribution in [0.25, 0.3) is 0 Å². The molecule has 33 heavy (non-hydrogen) atoms. The predicted molar refractivity (Wildman–Crippen MR) is 121 cm³/mol. The van der Waals surface area contributed by atoms with Crippen molar-refractivity contribution in [2.45, 2.75) is 110 Å². The van der Waals surface area contributed by atoms with Crippen LogP contribution >= 0.6 is 0 Å². The molecule has 0 aromatic rings. The molecule has 0 aromatic carbocycles. The number of esters is 3. The van der Waals surface area contributed by atoms with E-state index in [0.717, 1.165) is 24.2 Å². The lowest BCUT2D eigenvalue weighted by atomic mass is 9.72. The van der Waals surface area contributed by atoms with E-state index < -0.39 is 10.8 Å². The molecule has 0 radical (unpaired) electrons. The minimum absolute atomic E-state index is 0.0402. The Labute approximate surface area is 197 Å². The standard InChI is InChI=1S/C27H40O6/c1-5-27(4,25(30)32-20-10-9-15-12-22(20)31-23(15)28)14-26(2,3)24(29)33-21-13-16-11-19(21)18-8-6-7-17(16)18/h15-22H,5-14H2,1-4H3. The highest BCUT2D eigenvalue weighted by molar-refractivity contribution is 5.81. The second-order valence-electron chi connectivity index (χ2n) is 12.5. The molecule has 9 atom stereocenters. The van der Waals surface area contributed by atoms with Gasteiger partial charge in [-0.15, -0.1) is 0 Å². The average Bonchev–Trinajstić information content (AvgIpc) is 3.52. The van der Waals surface area contributed by atoms with Gasteiger partial charge in [0, 0.05) is 6.42 Å². The number of fused-ring (bicyclic) bond motifs is 7. The first-order chi connectivity index (χ1) is 15.6. The molecule has 4 saturated carbocycles. The van der Waals surface area contributed by atoms with Gasteiger partial charge in [-0.05, 0) is 95.8 Å². The maximum Gasteiger partial charge on any atom is 0.312 e. The van der Waals surface area contributed by atoms with E-state index in [9.17, 15) is 14.4 Å². The van der Waals surface area contributed by atoms with Crippen molar-refractivity contribution in [3.63, 3.8) is 0 Å². The summed E-state index contributed by atoms with van der Waals surface area (Å²) in [7, 11) is 0. The fourth-order valence-corrected chi connectivity index (χ4v) is 7.93. The Kier molecular flexibility index (Phi) is 5.80. The zero-order chi connectivity index (χ0) is 23.5. The van der Waals surface area contributed by atoms with Gasteiger partial charge in [-0.3, -0.25) is 14.4 Å². The predicted octanol–water partition coefficient (Wildman–Crippen LogP) is 4.82. The van der Waals surface area contributed by atoms with E-state index in [1.54, 1.807) is 0 Å². The highest BCUT2D eigenvalue weighted by Gasteiger charge is 2.56.